The van der Waals surface area contributed by atoms with Crippen molar-refractivity contribution in [3.8, 4) is 0 Å². The molecule has 0 fully saturated rings. The second kappa shape index (κ2) is 5.83. The summed E-state index contributed by atoms with van der Waals surface area (Å²) in [6, 6.07) is 13.0. The summed E-state index contributed by atoms with van der Waals surface area (Å²) in [6.07, 6.45) is 0. The topological polar surface area (TPSA) is 68.0 Å². The van der Waals surface area contributed by atoms with Crippen molar-refractivity contribution in [1.29, 1.82) is 0 Å². The minimum atomic E-state index is -0.225. The van der Waals surface area contributed by atoms with Gasteiger partial charge in [-0.15, -0.1) is 11.3 Å². The molecule has 2 aromatic heterocycles. The molecule has 0 aliphatic heterocycles. The first-order valence-corrected chi connectivity index (χ1v) is 7.92. The number of nitrogens with one attached hydrogen (secondary N) is 1. The standard InChI is InChI=1S/C15H12BrN3OS/c16-14-6-5-9(21-14)8-18-15(20)13-7-11(17)10-3-1-2-4-12(10)19-13/h1-7H,8H2,(H2,17,19)(H,18,20). The van der Waals surface area contributed by atoms with E-state index in [1.54, 1.807) is 17.4 Å². The van der Waals surface area contributed by atoms with E-state index in [0.29, 0.717) is 17.9 Å². The van der Waals surface area contributed by atoms with E-state index in [1.165, 1.54) is 0 Å². The molecule has 1 amide bonds. The molecule has 3 N–H and O–H groups in total. The number of benzene rings is 1. The van der Waals surface area contributed by atoms with Crippen molar-refractivity contribution in [3.63, 3.8) is 0 Å². The molecule has 2 heterocycles. The van der Waals surface area contributed by atoms with Crippen molar-refractivity contribution in [1.82, 2.24) is 10.3 Å². The highest BCUT2D eigenvalue weighted by molar-refractivity contribution is 9.11. The number of carbonyl (C=O) groups excluding carboxylic acids is 1. The van der Waals surface area contributed by atoms with Gasteiger partial charge in [-0.2, -0.15) is 0 Å². The van der Waals surface area contributed by atoms with Crippen LogP contribution in [0.1, 0.15) is 15.4 Å². The summed E-state index contributed by atoms with van der Waals surface area (Å²) in [4.78, 5) is 17.6. The number of para-hydroxylation sites is 1. The van der Waals surface area contributed by atoms with Gasteiger partial charge in [0, 0.05) is 16.0 Å². The molecular formula is C15H12BrN3OS. The molecule has 0 aliphatic carbocycles. The molecule has 21 heavy (non-hydrogen) atoms. The molecule has 1 aromatic carbocycles. The highest BCUT2D eigenvalue weighted by atomic mass is 79.9. The van der Waals surface area contributed by atoms with E-state index in [9.17, 15) is 4.79 Å². The quantitative estimate of drug-likeness (QED) is 0.749. The van der Waals surface area contributed by atoms with Crippen LogP contribution in [0.3, 0.4) is 0 Å². The maximum Gasteiger partial charge on any atom is 0.270 e. The summed E-state index contributed by atoms with van der Waals surface area (Å²) in [5.74, 6) is -0.225. The highest BCUT2D eigenvalue weighted by Gasteiger charge is 2.10. The number of hydrogen-bond donors (Lipinski definition) is 2. The Labute approximate surface area is 134 Å². The van der Waals surface area contributed by atoms with Gasteiger partial charge in [-0.05, 0) is 40.2 Å². The fraction of sp³-hybridized carbons (Fsp3) is 0.0667. The smallest absolute Gasteiger partial charge is 0.270 e. The molecule has 0 saturated heterocycles. The minimum absolute atomic E-state index is 0.225. The van der Waals surface area contributed by atoms with Gasteiger partial charge in [-0.3, -0.25) is 4.79 Å². The van der Waals surface area contributed by atoms with Crippen molar-refractivity contribution >= 4 is 49.8 Å². The van der Waals surface area contributed by atoms with Crippen LogP contribution in [0.2, 0.25) is 0 Å². The molecule has 3 aromatic rings. The lowest BCUT2D eigenvalue weighted by molar-refractivity contribution is 0.0946. The number of nitrogens with two attached hydrogens (primary N) is 1. The Hall–Kier alpha value is -1.92. The molecule has 0 atom stereocenters. The lowest BCUT2D eigenvalue weighted by Crippen LogP contribution is -2.23. The largest absolute Gasteiger partial charge is 0.398 e. The van der Waals surface area contributed by atoms with Crippen LogP contribution in [0, 0.1) is 0 Å². The van der Waals surface area contributed by atoms with E-state index in [1.807, 2.05) is 36.4 Å². The van der Waals surface area contributed by atoms with E-state index in [-0.39, 0.29) is 5.91 Å². The fourth-order valence-electron chi connectivity index (χ4n) is 2.02. The van der Waals surface area contributed by atoms with Gasteiger partial charge in [0.1, 0.15) is 5.69 Å². The molecule has 0 unspecified atom stereocenters. The molecule has 106 valence electrons. The Bertz CT molecular complexity index is 816. The van der Waals surface area contributed by atoms with Crippen LogP contribution < -0.4 is 11.1 Å². The summed E-state index contributed by atoms with van der Waals surface area (Å²) in [6.45, 7) is 0.476. The number of pyridine rings is 1. The zero-order chi connectivity index (χ0) is 14.8. The van der Waals surface area contributed by atoms with E-state index in [0.717, 1.165) is 19.6 Å². The van der Waals surface area contributed by atoms with Gasteiger partial charge in [0.25, 0.3) is 5.91 Å². The number of amides is 1. The van der Waals surface area contributed by atoms with Crippen molar-refractivity contribution in [2.75, 3.05) is 5.73 Å². The lowest BCUT2D eigenvalue weighted by Gasteiger charge is -2.06. The van der Waals surface area contributed by atoms with E-state index in [2.05, 4.69) is 26.2 Å². The summed E-state index contributed by atoms with van der Waals surface area (Å²) in [5, 5.41) is 3.71. The van der Waals surface area contributed by atoms with Gasteiger partial charge in [0.2, 0.25) is 0 Å². The molecule has 3 rings (SSSR count). The van der Waals surface area contributed by atoms with Gasteiger partial charge in [-0.1, -0.05) is 18.2 Å². The second-order valence-corrected chi connectivity index (χ2v) is 7.05. The number of rotatable bonds is 3. The SMILES string of the molecule is Nc1cc(C(=O)NCc2ccc(Br)s2)nc2ccccc12. The number of nitrogen functional groups attached to an aromatic ring is 1. The Morgan fingerprint density at radius 1 is 1.29 bits per heavy atom. The van der Waals surface area contributed by atoms with E-state index < -0.39 is 0 Å². The monoisotopic (exact) mass is 361 g/mol. The maximum atomic E-state index is 12.2. The van der Waals surface area contributed by atoms with Crippen LogP contribution in [0.25, 0.3) is 10.9 Å². The van der Waals surface area contributed by atoms with Gasteiger partial charge in [0.05, 0.1) is 15.8 Å². The normalized spacial score (nSPS) is 10.7. The molecule has 4 nitrogen and oxygen atoms in total. The van der Waals surface area contributed by atoms with Crippen molar-refractivity contribution in [3.05, 3.63) is 56.8 Å². The van der Waals surface area contributed by atoms with Crippen LogP contribution in [0.4, 0.5) is 5.69 Å². The Morgan fingerprint density at radius 3 is 2.86 bits per heavy atom. The Morgan fingerprint density at radius 2 is 2.10 bits per heavy atom. The van der Waals surface area contributed by atoms with Gasteiger partial charge < -0.3 is 11.1 Å². The number of halogens is 1. The predicted molar refractivity (Wildman–Crippen MR) is 89.3 cm³/mol. The Kier molecular flexibility index (Phi) is 3.90. The summed E-state index contributed by atoms with van der Waals surface area (Å²) >= 11 is 4.99. The third-order valence-corrected chi connectivity index (χ3v) is 4.66. The molecule has 0 aliphatic rings. The first-order chi connectivity index (χ1) is 10.1. The zero-order valence-corrected chi connectivity index (χ0v) is 13.4. The van der Waals surface area contributed by atoms with Gasteiger partial charge in [0.15, 0.2) is 0 Å². The first-order valence-electron chi connectivity index (χ1n) is 6.31. The van der Waals surface area contributed by atoms with E-state index >= 15 is 0 Å². The zero-order valence-electron chi connectivity index (χ0n) is 11.0. The number of thiophene rings is 1. The van der Waals surface area contributed by atoms with E-state index in [4.69, 9.17) is 5.73 Å². The summed E-state index contributed by atoms with van der Waals surface area (Å²) < 4.78 is 1.04. The summed E-state index contributed by atoms with van der Waals surface area (Å²) in [7, 11) is 0. The lowest BCUT2D eigenvalue weighted by atomic mass is 10.1. The number of anilines is 1. The molecular weight excluding hydrogens is 350 g/mol. The number of carbonyl (C=O) groups is 1. The molecule has 0 saturated carbocycles. The Balaban J connectivity index is 1.81. The number of nitrogens with zero attached hydrogens (tertiary/aromatic N) is 1. The van der Waals surface area contributed by atoms with Crippen LogP contribution in [-0.4, -0.2) is 10.9 Å². The van der Waals surface area contributed by atoms with Crippen LogP contribution in [-0.2, 0) is 6.54 Å². The molecule has 6 heteroatoms. The minimum Gasteiger partial charge on any atom is -0.398 e. The second-order valence-electron chi connectivity index (χ2n) is 4.50. The predicted octanol–water partition coefficient (Wildman–Crippen LogP) is 3.57. The third kappa shape index (κ3) is 3.06. The van der Waals surface area contributed by atoms with Crippen LogP contribution in [0.5, 0.6) is 0 Å². The highest BCUT2D eigenvalue weighted by Crippen LogP contribution is 2.22. The average Bonchev–Trinajstić information content (AvgIpc) is 2.90. The molecule has 0 radical (unpaired) electrons. The van der Waals surface area contributed by atoms with Crippen LogP contribution in [0.15, 0.2) is 46.3 Å². The van der Waals surface area contributed by atoms with Crippen molar-refractivity contribution in [2.24, 2.45) is 0 Å². The summed E-state index contributed by atoms with van der Waals surface area (Å²) in [5.41, 5.74) is 7.60. The van der Waals surface area contributed by atoms with Crippen LogP contribution >= 0.6 is 27.3 Å². The van der Waals surface area contributed by atoms with Gasteiger partial charge >= 0.3 is 0 Å². The number of hydrogen-bond acceptors (Lipinski definition) is 4. The van der Waals surface area contributed by atoms with Crippen molar-refractivity contribution in [2.45, 2.75) is 6.54 Å². The fourth-order valence-corrected chi connectivity index (χ4v) is 3.45. The van der Waals surface area contributed by atoms with Gasteiger partial charge in [-0.25, -0.2) is 4.98 Å². The third-order valence-electron chi connectivity index (χ3n) is 3.03. The maximum absolute atomic E-state index is 12.2. The number of fused-ring (bicyclic) bond motifs is 1. The first kappa shape index (κ1) is 14.0. The average molecular weight is 362 g/mol. The molecule has 0 spiro atoms. The molecule has 0 bridgehead atoms. The van der Waals surface area contributed by atoms with Crippen molar-refractivity contribution < 1.29 is 4.79 Å². The number of aromatic nitrogens is 1.